The van der Waals surface area contributed by atoms with Crippen molar-refractivity contribution in [2.75, 3.05) is 11.9 Å². The normalized spacial score (nSPS) is 16.0. The molecule has 0 bridgehead atoms. The van der Waals surface area contributed by atoms with Crippen molar-refractivity contribution in [3.63, 3.8) is 0 Å². The number of amides is 1. The van der Waals surface area contributed by atoms with E-state index < -0.39 is 12.0 Å². The Bertz CT molecular complexity index is 429. The Morgan fingerprint density at radius 2 is 1.94 bits per heavy atom. The van der Waals surface area contributed by atoms with Gasteiger partial charge in [0.15, 0.2) is 0 Å². The number of anilines is 1. The number of aliphatic carboxylic acids is 1. The number of rotatable bonds is 6. The number of hydrogen-bond donors (Lipinski definition) is 3. The monoisotopic (exact) mass is 248 g/mol. The lowest BCUT2D eigenvalue weighted by molar-refractivity contribution is -0.140. The first-order valence-electron chi connectivity index (χ1n) is 5.98. The highest BCUT2D eigenvalue weighted by Gasteiger charge is 2.36. The summed E-state index contributed by atoms with van der Waals surface area (Å²) >= 11 is 0. The van der Waals surface area contributed by atoms with E-state index in [1.165, 1.54) is 0 Å². The molecule has 1 aromatic rings. The number of carbonyl (C=O) groups is 2. The van der Waals surface area contributed by atoms with Crippen molar-refractivity contribution in [2.45, 2.75) is 18.9 Å². The SMILES string of the molecule is O=C(CNC(C(=O)O)C1CC1)Nc1ccccc1. The third-order valence-corrected chi connectivity index (χ3v) is 2.90. The molecule has 0 aromatic heterocycles. The average molecular weight is 248 g/mol. The molecule has 5 nitrogen and oxygen atoms in total. The van der Waals surface area contributed by atoms with Crippen LogP contribution < -0.4 is 10.6 Å². The molecule has 1 fully saturated rings. The maximum absolute atomic E-state index is 11.6. The third kappa shape index (κ3) is 3.56. The quantitative estimate of drug-likeness (QED) is 0.704. The topological polar surface area (TPSA) is 78.4 Å². The number of benzene rings is 1. The van der Waals surface area contributed by atoms with Crippen molar-refractivity contribution >= 4 is 17.6 Å². The molecule has 0 saturated heterocycles. The van der Waals surface area contributed by atoms with Crippen molar-refractivity contribution in [2.24, 2.45) is 5.92 Å². The molecule has 1 aliphatic carbocycles. The Labute approximate surface area is 105 Å². The van der Waals surface area contributed by atoms with Crippen molar-refractivity contribution < 1.29 is 14.7 Å². The van der Waals surface area contributed by atoms with E-state index in [2.05, 4.69) is 10.6 Å². The molecule has 0 heterocycles. The lowest BCUT2D eigenvalue weighted by Crippen LogP contribution is -2.42. The summed E-state index contributed by atoms with van der Waals surface area (Å²) in [5, 5.41) is 14.5. The minimum absolute atomic E-state index is 0.0162. The number of carboxylic acids is 1. The smallest absolute Gasteiger partial charge is 0.320 e. The molecular formula is C13H16N2O3. The van der Waals surface area contributed by atoms with E-state index in [0.717, 1.165) is 12.8 Å². The number of carbonyl (C=O) groups excluding carboxylic acids is 1. The van der Waals surface area contributed by atoms with Gasteiger partial charge in [-0.3, -0.25) is 14.9 Å². The molecule has 1 amide bonds. The molecule has 96 valence electrons. The van der Waals surface area contributed by atoms with E-state index in [1.807, 2.05) is 18.2 Å². The minimum atomic E-state index is -0.884. The van der Waals surface area contributed by atoms with Gasteiger partial charge in [0.2, 0.25) is 5.91 Å². The highest BCUT2D eigenvalue weighted by Crippen LogP contribution is 2.32. The summed E-state index contributed by atoms with van der Waals surface area (Å²) in [6.45, 7) is 0.0162. The molecule has 0 spiro atoms. The minimum Gasteiger partial charge on any atom is -0.480 e. The summed E-state index contributed by atoms with van der Waals surface area (Å²) in [7, 11) is 0. The molecule has 1 atom stereocenters. The second kappa shape index (κ2) is 5.64. The summed E-state index contributed by atoms with van der Waals surface area (Å²) in [5.74, 6) is -0.940. The molecule has 18 heavy (non-hydrogen) atoms. The Kier molecular flexibility index (Phi) is 3.94. The zero-order chi connectivity index (χ0) is 13.0. The Hall–Kier alpha value is -1.88. The van der Waals surface area contributed by atoms with Crippen LogP contribution in [0.2, 0.25) is 0 Å². The van der Waals surface area contributed by atoms with Crippen LogP contribution in [0.3, 0.4) is 0 Å². The summed E-state index contributed by atoms with van der Waals surface area (Å²) in [6, 6.07) is 8.48. The molecule has 2 rings (SSSR count). The zero-order valence-corrected chi connectivity index (χ0v) is 9.93. The van der Waals surface area contributed by atoms with Crippen LogP contribution in [-0.4, -0.2) is 29.6 Å². The fourth-order valence-electron chi connectivity index (χ4n) is 1.81. The molecule has 5 heteroatoms. The average Bonchev–Trinajstić information content (AvgIpc) is 3.14. The fraction of sp³-hybridized carbons (Fsp3) is 0.385. The molecule has 0 radical (unpaired) electrons. The van der Waals surface area contributed by atoms with E-state index in [4.69, 9.17) is 5.11 Å². The molecule has 3 N–H and O–H groups in total. The molecule has 1 aromatic carbocycles. The Balaban J connectivity index is 1.79. The second-order valence-electron chi connectivity index (χ2n) is 4.45. The second-order valence-corrected chi connectivity index (χ2v) is 4.45. The van der Waals surface area contributed by atoms with Gasteiger partial charge >= 0.3 is 5.97 Å². The van der Waals surface area contributed by atoms with E-state index in [1.54, 1.807) is 12.1 Å². The first-order chi connectivity index (χ1) is 8.66. The van der Waals surface area contributed by atoms with Crippen molar-refractivity contribution in [1.82, 2.24) is 5.32 Å². The molecular weight excluding hydrogens is 232 g/mol. The predicted molar refractivity (Wildman–Crippen MR) is 67.2 cm³/mol. The number of hydrogen-bond acceptors (Lipinski definition) is 3. The first kappa shape index (κ1) is 12.6. The lowest BCUT2D eigenvalue weighted by atomic mass is 10.2. The van der Waals surface area contributed by atoms with Crippen molar-refractivity contribution in [3.8, 4) is 0 Å². The number of nitrogens with one attached hydrogen (secondary N) is 2. The van der Waals surface area contributed by atoms with Crippen LogP contribution in [0.15, 0.2) is 30.3 Å². The highest BCUT2D eigenvalue weighted by molar-refractivity contribution is 5.92. The van der Waals surface area contributed by atoms with Gasteiger partial charge in [-0.15, -0.1) is 0 Å². The van der Waals surface area contributed by atoms with Crippen molar-refractivity contribution in [3.05, 3.63) is 30.3 Å². The van der Waals surface area contributed by atoms with Crippen LogP contribution in [0.5, 0.6) is 0 Å². The van der Waals surface area contributed by atoms with Crippen LogP contribution >= 0.6 is 0 Å². The molecule has 1 unspecified atom stereocenters. The van der Waals surface area contributed by atoms with E-state index >= 15 is 0 Å². The van der Waals surface area contributed by atoms with Gasteiger partial charge in [0.25, 0.3) is 0 Å². The summed E-state index contributed by atoms with van der Waals surface area (Å²) in [5.41, 5.74) is 0.711. The van der Waals surface area contributed by atoms with E-state index in [-0.39, 0.29) is 18.4 Å². The van der Waals surface area contributed by atoms with Gasteiger partial charge in [-0.25, -0.2) is 0 Å². The third-order valence-electron chi connectivity index (χ3n) is 2.90. The number of para-hydroxylation sites is 1. The maximum atomic E-state index is 11.6. The van der Waals surface area contributed by atoms with Gasteiger partial charge in [0.05, 0.1) is 6.54 Å². The zero-order valence-electron chi connectivity index (χ0n) is 9.93. The van der Waals surface area contributed by atoms with Crippen LogP contribution in [0, 0.1) is 5.92 Å². The van der Waals surface area contributed by atoms with Gasteiger partial charge < -0.3 is 10.4 Å². The van der Waals surface area contributed by atoms with Gasteiger partial charge in [-0.2, -0.15) is 0 Å². The maximum Gasteiger partial charge on any atom is 0.320 e. The largest absolute Gasteiger partial charge is 0.480 e. The van der Waals surface area contributed by atoms with E-state index in [9.17, 15) is 9.59 Å². The summed E-state index contributed by atoms with van der Waals surface area (Å²) < 4.78 is 0. The van der Waals surface area contributed by atoms with Gasteiger partial charge in [-0.05, 0) is 30.9 Å². The summed E-state index contributed by atoms with van der Waals surface area (Å²) in [6.07, 6.45) is 1.84. The first-order valence-corrected chi connectivity index (χ1v) is 5.98. The molecule has 1 aliphatic rings. The Morgan fingerprint density at radius 1 is 1.28 bits per heavy atom. The van der Waals surface area contributed by atoms with Crippen LogP contribution in [-0.2, 0) is 9.59 Å². The van der Waals surface area contributed by atoms with Gasteiger partial charge in [0, 0.05) is 5.69 Å². The fourth-order valence-corrected chi connectivity index (χ4v) is 1.81. The van der Waals surface area contributed by atoms with Gasteiger partial charge in [-0.1, -0.05) is 18.2 Å². The lowest BCUT2D eigenvalue weighted by Gasteiger charge is -2.13. The van der Waals surface area contributed by atoms with E-state index in [0.29, 0.717) is 5.69 Å². The van der Waals surface area contributed by atoms with Crippen LogP contribution in [0.4, 0.5) is 5.69 Å². The molecule has 0 aliphatic heterocycles. The highest BCUT2D eigenvalue weighted by atomic mass is 16.4. The Morgan fingerprint density at radius 3 is 2.50 bits per heavy atom. The summed E-state index contributed by atoms with van der Waals surface area (Å²) in [4.78, 5) is 22.6. The van der Waals surface area contributed by atoms with Crippen LogP contribution in [0.1, 0.15) is 12.8 Å². The van der Waals surface area contributed by atoms with Crippen molar-refractivity contribution in [1.29, 1.82) is 0 Å². The molecule has 1 saturated carbocycles. The predicted octanol–water partition coefficient (Wildman–Crippen LogP) is 1.08. The standard InChI is InChI=1S/C13H16N2O3/c16-11(15-10-4-2-1-3-5-10)8-14-12(13(17)18)9-6-7-9/h1-5,9,12,14H,6-8H2,(H,15,16)(H,17,18). The van der Waals surface area contributed by atoms with Gasteiger partial charge in [0.1, 0.15) is 6.04 Å². The number of carboxylic acid groups (broad SMARTS) is 1. The van der Waals surface area contributed by atoms with Crippen LogP contribution in [0.25, 0.3) is 0 Å².